The molecule has 0 radical (unpaired) electrons. The number of imide groups is 1. The van der Waals surface area contributed by atoms with E-state index in [2.05, 4.69) is 25.7 Å². The molecule has 1 saturated heterocycles. The van der Waals surface area contributed by atoms with Gasteiger partial charge in [-0.05, 0) is 38.0 Å². The van der Waals surface area contributed by atoms with Crippen LogP contribution in [-0.2, 0) is 9.59 Å². The zero-order valence-corrected chi connectivity index (χ0v) is 18.7. The third-order valence-electron chi connectivity index (χ3n) is 5.28. The Kier molecular flexibility index (Phi) is 5.41. The van der Waals surface area contributed by atoms with Gasteiger partial charge in [-0.2, -0.15) is 19.6 Å². The Balaban J connectivity index is 1.55. The summed E-state index contributed by atoms with van der Waals surface area (Å²) in [5.41, 5.74) is 1.46. The Morgan fingerprint density at radius 2 is 2.09 bits per heavy atom. The summed E-state index contributed by atoms with van der Waals surface area (Å²) in [6, 6.07) is 2.82. The van der Waals surface area contributed by atoms with E-state index in [4.69, 9.17) is 27.9 Å². The third-order valence-corrected chi connectivity index (χ3v) is 5.99. The highest BCUT2D eigenvalue weighted by molar-refractivity contribution is 6.36. The third kappa shape index (κ3) is 4.23. The number of hydrogen-bond donors (Lipinski definition) is 2. The van der Waals surface area contributed by atoms with Crippen LogP contribution >= 0.6 is 23.2 Å². The molecule has 3 heterocycles. The van der Waals surface area contributed by atoms with Gasteiger partial charge in [-0.3, -0.25) is 14.9 Å². The van der Waals surface area contributed by atoms with Gasteiger partial charge in [0.05, 0.1) is 17.6 Å². The lowest BCUT2D eigenvalue weighted by Crippen LogP contribution is -2.19. The van der Waals surface area contributed by atoms with E-state index in [1.165, 1.54) is 22.8 Å². The Labute approximate surface area is 196 Å². The van der Waals surface area contributed by atoms with Gasteiger partial charge in [0, 0.05) is 27.8 Å². The van der Waals surface area contributed by atoms with Crippen LogP contribution in [0.3, 0.4) is 0 Å². The van der Waals surface area contributed by atoms with Crippen molar-refractivity contribution < 1.29 is 18.7 Å². The summed E-state index contributed by atoms with van der Waals surface area (Å²) in [5, 5.41) is 9.95. The number of carbonyl (C=O) groups is 2. The maximum absolute atomic E-state index is 14.0. The van der Waals surface area contributed by atoms with E-state index in [-0.39, 0.29) is 40.0 Å². The minimum atomic E-state index is -0.764. The smallest absolute Gasteiger partial charge is 0.322 e. The lowest BCUT2D eigenvalue weighted by molar-refractivity contribution is -0.124. The quantitative estimate of drug-likeness (QED) is 0.307. The highest BCUT2D eigenvalue weighted by atomic mass is 35.5. The fraction of sp³-hybridized carbons (Fsp3) is 0.286. The number of ether oxygens (including phenoxy) is 1. The number of halogens is 3. The molecule has 1 aliphatic heterocycles. The average Bonchev–Trinajstić information content (AvgIpc) is 3.40. The second kappa shape index (κ2) is 8.27. The summed E-state index contributed by atoms with van der Waals surface area (Å²) in [5.74, 6) is -1.04. The van der Waals surface area contributed by atoms with Gasteiger partial charge >= 0.3 is 6.01 Å². The standard InChI is InChI=1S/C21H17Cl2FN6O3/c1-9(16-13(22)4-5-14(24)17(16)23)33-21-28-18-11(6-10-7-15(31)27-19(10)32)8-25-30(18)20(29-21)26-12-2-3-12/h4-6,8-9,12H,2-3,7H2,1H3,(H,26,28,29)(H,27,31,32)/b10-6+/t9-/m1/s1. The minimum Gasteiger partial charge on any atom is -0.455 e. The first-order valence-electron chi connectivity index (χ1n) is 10.2. The van der Waals surface area contributed by atoms with E-state index >= 15 is 0 Å². The molecule has 12 heteroatoms. The number of fused-ring (bicyclic) bond motifs is 1. The second-order valence-electron chi connectivity index (χ2n) is 7.82. The van der Waals surface area contributed by atoms with Crippen molar-refractivity contribution in [3.05, 3.63) is 50.9 Å². The molecule has 0 unspecified atom stereocenters. The van der Waals surface area contributed by atoms with Gasteiger partial charge in [0.1, 0.15) is 11.9 Å². The van der Waals surface area contributed by atoms with Crippen LogP contribution < -0.4 is 15.4 Å². The normalized spacial score (nSPS) is 18.1. The molecule has 5 rings (SSSR count). The van der Waals surface area contributed by atoms with Gasteiger partial charge in [-0.15, -0.1) is 0 Å². The first-order valence-corrected chi connectivity index (χ1v) is 10.9. The van der Waals surface area contributed by atoms with E-state index in [0.29, 0.717) is 22.7 Å². The zero-order chi connectivity index (χ0) is 23.3. The molecule has 1 aliphatic carbocycles. The van der Waals surface area contributed by atoms with Crippen LogP contribution in [0.4, 0.5) is 10.3 Å². The predicted molar refractivity (Wildman–Crippen MR) is 119 cm³/mol. The first-order chi connectivity index (χ1) is 15.8. The molecule has 170 valence electrons. The van der Waals surface area contributed by atoms with Crippen LogP contribution in [0.2, 0.25) is 10.0 Å². The zero-order valence-electron chi connectivity index (χ0n) is 17.2. The van der Waals surface area contributed by atoms with Crippen molar-refractivity contribution in [3.8, 4) is 6.01 Å². The number of aromatic nitrogens is 4. The molecular formula is C21H17Cl2FN6O3. The van der Waals surface area contributed by atoms with E-state index < -0.39 is 17.8 Å². The van der Waals surface area contributed by atoms with Crippen molar-refractivity contribution in [2.24, 2.45) is 0 Å². The maximum atomic E-state index is 14.0. The van der Waals surface area contributed by atoms with Crippen LogP contribution in [0, 0.1) is 5.82 Å². The summed E-state index contributed by atoms with van der Waals surface area (Å²) < 4.78 is 21.4. The number of amides is 2. The van der Waals surface area contributed by atoms with E-state index in [1.807, 2.05) is 0 Å². The van der Waals surface area contributed by atoms with Crippen molar-refractivity contribution in [2.45, 2.75) is 38.3 Å². The molecule has 2 N–H and O–H groups in total. The number of benzene rings is 1. The Morgan fingerprint density at radius 1 is 1.30 bits per heavy atom. The number of nitrogens with zero attached hydrogens (tertiary/aromatic N) is 4. The Bertz CT molecular complexity index is 1340. The highest BCUT2D eigenvalue weighted by Crippen LogP contribution is 2.35. The highest BCUT2D eigenvalue weighted by Gasteiger charge is 2.27. The largest absolute Gasteiger partial charge is 0.455 e. The molecule has 1 aromatic carbocycles. The van der Waals surface area contributed by atoms with E-state index in [1.54, 1.807) is 13.0 Å². The van der Waals surface area contributed by atoms with Crippen molar-refractivity contribution >= 4 is 52.7 Å². The van der Waals surface area contributed by atoms with Gasteiger partial charge in [0.25, 0.3) is 5.91 Å². The summed E-state index contributed by atoms with van der Waals surface area (Å²) in [6.45, 7) is 1.65. The van der Waals surface area contributed by atoms with Crippen LogP contribution in [0.25, 0.3) is 11.7 Å². The Morgan fingerprint density at radius 3 is 2.79 bits per heavy atom. The molecule has 2 amide bonds. The predicted octanol–water partition coefficient (Wildman–Crippen LogP) is 3.71. The molecule has 0 spiro atoms. The first kappa shape index (κ1) is 21.6. The van der Waals surface area contributed by atoms with Gasteiger partial charge in [0.15, 0.2) is 5.65 Å². The molecule has 2 fully saturated rings. The topological polar surface area (TPSA) is 111 Å². The average molecular weight is 491 g/mol. The number of nitrogens with one attached hydrogen (secondary N) is 2. The molecule has 1 atom stereocenters. The van der Waals surface area contributed by atoms with Crippen LogP contribution in [0.15, 0.2) is 23.9 Å². The molecule has 1 saturated carbocycles. The summed E-state index contributed by atoms with van der Waals surface area (Å²) >= 11 is 12.3. The fourth-order valence-electron chi connectivity index (χ4n) is 3.47. The maximum Gasteiger partial charge on any atom is 0.322 e. The van der Waals surface area contributed by atoms with E-state index in [0.717, 1.165) is 12.8 Å². The molecule has 0 bridgehead atoms. The summed E-state index contributed by atoms with van der Waals surface area (Å²) in [7, 11) is 0. The molecule has 9 nitrogen and oxygen atoms in total. The molecule has 2 aromatic heterocycles. The molecule has 3 aromatic rings. The molecule has 33 heavy (non-hydrogen) atoms. The van der Waals surface area contributed by atoms with Crippen molar-refractivity contribution in [2.75, 3.05) is 5.32 Å². The lowest BCUT2D eigenvalue weighted by atomic mass is 10.1. The second-order valence-corrected chi connectivity index (χ2v) is 8.61. The minimum absolute atomic E-state index is 0.0124. The number of carbonyl (C=O) groups excluding carboxylic acids is 2. The number of hydrogen-bond acceptors (Lipinski definition) is 7. The van der Waals surface area contributed by atoms with Crippen molar-refractivity contribution in [1.82, 2.24) is 24.9 Å². The van der Waals surface area contributed by atoms with Gasteiger partial charge in [0.2, 0.25) is 11.9 Å². The SMILES string of the molecule is C[C@@H](Oc1nc(NC2CC2)n2ncc(/C=C3\CC(=O)NC3=O)c2n1)c1c(Cl)ccc(F)c1Cl. The van der Waals surface area contributed by atoms with Crippen LogP contribution in [0.1, 0.15) is 43.4 Å². The van der Waals surface area contributed by atoms with Gasteiger partial charge in [-0.25, -0.2) is 4.39 Å². The van der Waals surface area contributed by atoms with Crippen molar-refractivity contribution in [1.29, 1.82) is 0 Å². The van der Waals surface area contributed by atoms with E-state index in [9.17, 15) is 14.0 Å². The lowest BCUT2D eigenvalue weighted by Gasteiger charge is -2.17. The monoisotopic (exact) mass is 490 g/mol. The van der Waals surface area contributed by atoms with Crippen LogP contribution in [-0.4, -0.2) is 37.4 Å². The fourth-order valence-corrected chi connectivity index (χ4v) is 4.15. The summed E-state index contributed by atoms with van der Waals surface area (Å²) in [4.78, 5) is 32.4. The van der Waals surface area contributed by atoms with Gasteiger partial charge in [-0.1, -0.05) is 23.2 Å². The number of anilines is 1. The van der Waals surface area contributed by atoms with Crippen LogP contribution in [0.5, 0.6) is 6.01 Å². The summed E-state index contributed by atoms with van der Waals surface area (Å²) in [6.07, 6.45) is 4.29. The Hall–Kier alpha value is -3.24. The van der Waals surface area contributed by atoms with Crippen molar-refractivity contribution in [3.63, 3.8) is 0 Å². The number of rotatable bonds is 6. The van der Waals surface area contributed by atoms with Gasteiger partial charge < -0.3 is 10.1 Å². The molecular weight excluding hydrogens is 474 g/mol. The molecule has 2 aliphatic rings.